The zero-order valence-electron chi connectivity index (χ0n) is 31.8. The zero-order chi connectivity index (χ0) is 37.2. The van der Waals surface area contributed by atoms with Crippen LogP contribution in [-0.4, -0.2) is 17.1 Å². The monoisotopic (exact) mass is 693 g/mol. The third-order valence-electron chi connectivity index (χ3n) is 9.71. The fourth-order valence-electron chi connectivity index (χ4n) is 6.72. The van der Waals surface area contributed by atoms with E-state index in [2.05, 4.69) is 168 Å². The quantitative estimate of drug-likeness (QED) is 0.159. The summed E-state index contributed by atoms with van der Waals surface area (Å²) in [6.45, 7) is 13.7. The maximum atomic E-state index is 5.86. The van der Waals surface area contributed by atoms with E-state index in [1.807, 2.05) is 36.5 Å². The number of nitrogens with zero attached hydrogens (tertiary/aromatic N) is 3. The van der Waals surface area contributed by atoms with Crippen LogP contribution < -0.4 is 9.64 Å². The summed E-state index contributed by atoms with van der Waals surface area (Å²) in [6, 6.07) is 53.3. The van der Waals surface area contributed by atoms with Gasteiger partial charge in [-0.05, 0) is 93.2 Å². The molecule has 7 rings (SSSR count). The van der Waals surface area contributed by atoms with E-state index >= 15 is 0 Å². The Bertz CT molecular complexity index is 2320. The molecule has 0 bridgehead atoms. The Labute approximate surface area is 314 Å². The summed E-state index contributed by atoms with van der Waals surface area (Å²) in [7, 11) is 1.72. The van der Waals surface area contributed by atoms with Crippen molar-refractivity contribution in [3.63, 3.8) is 0 Å². The van der Waals surface area contributed by atoms with Crippen LogP contribution in [0.5, 0.6) is 5.75 Å². The highest BCUT2D eigenvalue weighted by Gasteiger charge is 2.23. The van der Waals surface area contributed by atoms with E-state index in [0.29, 0.717) is 0 Å². The SMILES string of the molecule is COc1ccccc1-c1cc(-c2cc(C(C)(C)C)cc(C(C)(C)C)c2)cc(-c2cccc(N(c3ccccn3)c3ccccc3-c3ccccc3)c2)n1. The summed E-state index contributed by atoms with van der Waals surface area (Å²) in [5.41, 5.74) is 12.8. The van der Waals surface area contributed by atoms with Crippen LogP contribution in [0.25, 0.3) is 44.8 Å². The van der Waals surface area contributed by atoms with Gasteiger partial charge in [0.15, 0.2) is 0 Å². The summed E-state index contributed by atoms with van der Waals surface area (Å²) in [5, 5.41) is 0. The molecule has 0 saturated carbocycles. The van der Waals surface area contributed by atoms with Crippen molar-refractivity contribution in [2.45, 2.75) is 52.4 Å². The van der Waals surface area contributed by atoms with Crippen LogP contribution in [-0.2, 0) is 10.8 Å². The Balaban J connectivity index is 1.45. The van der Waals surface area contributed by atoms with Gasteiger partial charge >= 0.3 is 0 Å². The topological polar surface area (TPSA) is 38.2 Å². The van der Waals surface area contributed by atoms with Gasteiger partial charge in [-0.25, -0.2) is 9.97 Å². The van der Waals surface area contributed by atoms with Gasteiger partial charge in [-0.15, -0.1) is 0 Å². The molecule has 2 aromatic heterocycles. The minimum Gasteiger partial charge on any atom is -0.496 e. The number of aromatic nitrogens is 2. The maximum absolute atomic E-state index is 5.86. The number of anilines is 3. The minimum atomic E-state index is -0.0172. The van der Waals surface area contributed by atoms with Crippen molar-refractivity contribution >= 4 is 17.2 Å². The Hall–Kier alpha value is -6.00. The van der Waals surface area contributed by atoms with Crippen LogP contribution in [0.2, 0.25) is 0 Å². The van der Waals surface area contributed by atoms with E-state index in [-0.39, 0.29) is 10.8 Å². The summed E-state index contributed by atoms with van der Waals surface area (Å²) < 4.78 is 5.86. The first-order valence-electron chi connectivity index (χ1n) is 18.3. The molecule has 0 amide bonds. The second-order valence-corrected chi connectivity index (χ2v) is 15.6. The van der Waals surface area contributed by atoms with Crippen LogP contribution in [0.4, 0.5) is 17.2 Å². The van der Waals surface area contributed by atoms with Crippen molar-refractivity contribution in [1.29, 1.82) is 0 Å². The van der Waals surface area contributed by atoms with Gasteiger partial charge in [0.1, 0.15) is 11.6 Å². The van der Waals surface area contributed by atoms with E-state index in [9.17, 15) is 0 Å². The molecule has 2 heterocycles. The Morgan fingerprint density at radius 1 is 0.491 bits per heavy atom. The maximum Gasteiger partial charge on any atom is 0.137 e. The van der Waals surface area contributed by atoms with Gasteiger partial charge in [-0.1, -0.05) is 139 Å². The highest BCUT2D eigenvalue weighted by atomic mass is 16.5. The van der Waals surface area contributed by atoms with Crippen molar-refractivity contribution < 1.29 is 4.74 Å². The van der Waals surface area contributed by atoms with Gasteiger partial charge in [-0.2, -0.15) is 0 Å². The summed E-state index contributed by atoms with van der Waals surface area (Å²) in [6.07, 6.45) is 1.85. The van der Waals surface area contributed by atoms with Crippen molar-refractivity contribution in [2.75, 3.05) is 12.0 Å². The fraction of sp³-hybridized carbons (Fsp3) is 0.184. The Kier molecular flexibility index (Phi) is 9.72. The molecule has 7 aromatic rings. The highest BCUT2D eigenvalue weighted by molar-refractivity contribution is 5.88. The first-order chi connectivity index (χ1) is 25.5. The lowest BCUT2D eigenvalue weighted by molar-refractivity contribution is 0.416. The first kappa shape index (κ1) is 35.4. The lowest BCUT2D eigenvalue weighted by Crippen LogP contribution is -2.16. The van der Waals surface area contributed by atoms with Gasteiger partial charge in [0.05, 0.1) is 24.2 Å². The van der Waals surface area contributed by atoms with E-state index in [4.69, 9.17) is 14.7 Å². The van der Waals surface area contributed by atoms with Crippen molar-refractivity contribution in [1.82, 2.24) is 9.97 Å². The normalized spacial score (nSPS) is 11.7. The molecule has 0 saturated heterocycles. The first-order valence-corrected chi connectivity index (χ1v) is 18.3. The molecule has 4 heteroatoms. The molecule has 5 aromatic carbocycles. The molecule has 0 unspecified atom stereocenters. The van der Waals surface area contributed by atoms with Gasteiger partial charge in [-0.3, -0.25) is 4.90 Å². The van der Waals surface area contributed by atoms with E-state index < -0.39 is 0 Å². The van der Waals surface area contributed by atoms with Gasteiger partial charge < -0.3 is 4.74 Å². The molecule has 264 valence electrons. The summed E-state index contributed by atoms with van der Waals surface area (Å²) >= 11 is 0. The van der Waals surface area contributed by atoms with E-state index in [1.165, 1.54) is 16.7 Å². The predicted molar refractivity (Wildman–Crippen MR) is 222 cm³/mol. The molecule has 4 nitrogen and oxygen atoms in total. The number of benzene rings is 5. The smallest absolute Gasteiger partial charge is 0.137 e. The van der Waals surface area contributed by atoms with Crippen LogP contribution >= 0.6 is 0 Å². The van der Waals surface area contributed by atoms with Crippen molar-refractivity contribution in [3.05, 3.63) is 169 Å². The number of methoxy groups -OCH3 is 1. The average Bonchev–Trinajstić information content (AvgIpc) is 3.18. The number of rotatable bonds is 8. The largest absolute Gasteiger partial charge is 0.496 e. The van der Waals surface area contributed by atoms with Crippen LogP contribution in [0, 0.1) is 0 Å². The van der Waals surface area contributed by atoms with Crippen LogP contribution in [0.3, 0.4) is 0 Å². The zero-order valence-corrected chi connectivity index (χ0v) is 31.8. The summed E-state index contributed by atoms with van der Waals surface area (Å²) in [4.78, 5) is 12.4. The van der Waals surface area contributed by atoms with Crippen molar-refractivity contribution in [2.24, 2.45) is 0 Å². The minimum absolute atomic E-state index is 0.0172. The number of ether oxygens (including phenoxy) is 1. The average molecular weight is 694 g/mol. The molecule has 0 N–H and O–H groups in total. The molecule has 0 aliphatic carbocycles. The van der Waals surface area contributed by atoms with Crippen molar-refractivity contribution in [3.8, 4) is 50.5 Å². The van der Waals surface area contributed by atoms with Crippen LogP contribution in [0.15, 0.2) is 158 Å². The number of hydrogen-bond acceptors (Lipinski definition) is 4. The number of pyridine rings is 2. The second-order valence-electron chi connectivity index (χ2n) is 15.6. The molecule has 0 aliphatic heterocycles. The molecule has 0 radical (unpaired) electrons. The molecule has 0 aliphatic rings. The van der Waals surface area contributed by atoms with Crippen LogP contribution in [0.1, 0.15) is 52.7 Å². The van der Waals surface area contributed by atoms with E-state index in [1.54, 1.807) is 7.11 Å². The third-order valence-corrected chi connectivity index (χ3v) is 9.71. The molecule has 0 spiro atoms. The molecule has 0 atom stereocenters. The number of para-hydroxylation sites is 2. The molecular formula is C49H47N3O. The van der Waals surface area contributed by atoms with Gasteiger partial charge in [0, 0.05) is 28.6 Å². The molecule has 53 heavy (non-hydrogen) atoms. The van der Waals surface area contributed by atoms with Gasteiger partial charge in [0.2, 0.25) is 0 Å². The lowest BCUT2D eigenvalue weighted by atomic mass is 9.79. The lowest BCUT2D eigenvalue weighted by Gasteiger charge is -2.27. The third kappa shape index (κ3) is 7.64. The summed E-state index contributed by atoms with van der Waals surface area (Å²) in [5.74, 6) is 1.62. The van der Waals surface area contributed by atoms with Gasteiger partial charge in [0.25, 0.3) is 0 Å². The standard InChI is InChI=1S/C49H47N3O/c1-48(2,3)38-28-36(29-39(33-38)49(4,5)6)37-31-43(51-44(32-37)42-23-12-14-25-46(42)53-7)35-20-17-21-40(30-35)52(47-26-15-16-27-50-47)45-24-13-11-22-41(45)34-18-9-8-10-19-34/h8-33H,1-7H3. The highest BCUT2D eigenvalue weighted by Crippen LogP contribution is 2.42. The Morgan fingerprint density at radius 2 is 1.09 bits per heavy atom. The number of hydrogen-bond donors (Lipinski definition) is 0. The Morgan fingerprint density at radius 3 is 1.77 bits per heavy atom. The fourth-order valence-corrected chi connectivity index (χ4v) is 6.72. The second kappa shape index (κ2) is 14.6. The predicted octanol–water partition coefficient (Wildman–Crippen LogP) is 13.2. The molecular weight excluding hydrogens is 647 g/mol. The van der Waals surface area contributed by atoms with E-state index in [0.717, 1.165) is 62.1 Å². The molecule has 0 fully saturated rings.